The molecular formula is C31H24Cl2N2O7. The minimum absolute atomic E-state index is 0.245. The van der Waals surface area contributed by atoms with Crippen LogP contribution in [-0.2, 0) is 33.7 Å². The first-order valence-electron chi connectivity index (χ1n) is 13.1. The van der Waals surface area contributed by atoms with Crippen LogP contribution in [0.5, 0.6) is 5.75 Å². The second-order valence-corrected chi connectivity index (χ2v) is 11.7. The van der Waals surface area contributed by atoms with Gasteiger partial charge in [0.1, 0.15) is 21.5 Å². The van der Waals surface area contributed by atoms with Gasteiger partial charge < -0.3 is 15.2 Å². The zero-order chi connectivity index (χ0) is 30.0. The number of carbonyl (C=O) groups excluding carboxylic acids is 5. The number of primary amides is 1. The first-order chi connectivity index (χ1) is 20.0. The molecule has 3 amide bonds. The molecule has 1 fully saturated rings. The van der Waals surface area contributed by atoms with Crippen molar-refractivity contribution in [2.45, 2.75) is 22.2 Å². The van der Waals surface area contributed by atoms with E-state index in [1.807, 2.05) is 0 Å². The predicted octanol–water partition coefficient (Wildman–Crippen LogP) is 3.26. The van der Waals surface area contributed by atoms with Crippen LogP contribution in [0, 0.1) is 11.8 Å². The Balaban J connectivity index is 1.36. The SMILES string of the molecule is COc1ccc(C(=O)COC(=O)[C@@H](CC(N)=O)N2C(=O)[C@@H]3[C@@H](C2=O)C2(Cl)c4ccccc4C3(Cl)c3ccccc32)cc1. The zero-order valence-corrected chi connectivity index (χ0v) is 23.7. The summed E-state index contributed by atoms with van der Waals surface area (Å²) in [5, 5.41) is 0. The van der Waals surface area contributed by atoms with Crippen LogP contribution < -0.4 is 10.5 Å². The Morgan fingerprint density at radius 2 is 1.29 bits per heavy atom. The number of carbonyl (C=O) groups is 5. The van der Waals surface area contributed by atoms with Crippen LogP contribution in [0.3, 0.4) is 0 Å². The van der Waals surface area contributed by atoms with Gasteiger partial charge in [-0.2, -0.15) is 0 Å². The molecule has 0 saturated carbocycles. The number of rotatable bonds is 8. The highest BCUT2D eigenvalue weighted by atomic mass is 35.5. The minimum atomic E-state index is -1.72. The molecule has 214 valence electrons. The third-order valence-electron chi connectivity index (χ3n) is 8.36. The lowest BCUT2D eigenvalue weighted by molar-refractivity contribution is -0.159. The summed E-state index contributed by atoms with van der Waals surface area (Å²) in [4.78, 5) is 64.2. The number of nitrogens with two attached hydrogens (primary N) is 1. The molecule has 2 bridgehead atoms. The van der Waals surface area contributed by atoms with Gasteiger partial charge in [-0.05, 0) is 46.5 Å². The lowest BCUT2D eigenvalue weighted by atomic mass is 9.54. The van der Waals surface area contributed by atoms with Crippen LogP contribution in [0.2, 0.25) is 0 Å². The topological polar surface area (TPSA) is 133 Å². The first-order valence-corrected chi connectivity index (χ1v) is 13.9. The highest BCUT2D eigenvalue weighted by Crippen LogP contribution is 2.69. The third kappa shape index (κ3) is 3.80. The molecule has 3 aromatic carbocycles. The van der Waals surface area contributed by atoms with E-state index in [9.17, 15) is 24.0 Å². The summed E-state index contributed by atoms with van der Waals surface area (Å²) in [5.74, 6) is -6.02. The largest absolute Gasteiger partial charge is 0.497 e. The standard InChI is InChI=1S/C31H24Cl2N2O7/c1-41-17-12-10-16(11-13-17)23(36)15-42-29(40)22(14-24(34)37)35-27(38)25-26(28(35)39)31(33)19-7-3-2-6-18(19)30(25,32)20-8-4-5-9-21(20)31/h2-13,22,25-26H,14-15H2,1H3,(H2,34,37)/t22-,25+,26+,30?,31?/m1/s1. The molecule has 0 aromatic heterocycles. The molecule has 1 saturated heterocycles. The van der Waals surface area contributed by atoms with E-state index < -0.39 is 70.1 Å². The average Bonchev–Trinajstić information content (AvgIpc) is 3.27. The molecule has 11 heteroatoms. The van der Waals surface area contributed by atoms with Crippen LogP contribution in [0.25, 0.3) is 0 Å². The highest BCUT2D eigenvalue weighted by molar-refractivity contribution is 6.36. The number of hydrogen-bond donors (Lipinski definition) is 1. The number of nitrogens with zero attached hydrogens (tertiary/aromatic N) is 1. The summed E-state index contributed by atoms with van der Waals surface area (Å²) in [6.07, 6.45) is -0.711. The summed E-state index contributed by atoms with van der Waals surface area (Å²) < 4.78 is 10.3. The van der Waals surface area contributed by atoms with Crippen molar-refractivity contribution in [3.05, 3.63) is 101 Å². The van der Waals surface area contributed by atoms with Crippen LogP contribution in [0.4, 0.5) is 0 Å². The number of methoxy groups -OCH3 is 1. The van der Waals surface area contributed by atoms with Crippen LogP contribution in [0.1, 0.15) is 39.0 Å². The Morgan fingerprint density at radius 3 is 1.69 bits per heavy atom. The number of esters is 1. The molecule has 0 spiro atoms. The van der Waals surface area contributed by atoms with Crippen molar-refractivity contribution in [1.29, 1.82) is 0 Å². The number of ketones is 1. The summed E-state index contributed by atoms with van der Waals surface area (Å²) >= 11 is 14.8. The zero-order valence-electron chi connectivity index (χ0n) is 22.2. The smallest absolute Gasteiger partial charge is 0.330 e. The van der Waals surface area contributed by atoms with Gasteiger partial charge in [-0.15, -0.1) is 23.2 Å². The first kappa shape index (κ1) is 27.9. The Morgan fingerprint density at radius 1 is 0.833 bits per heavy atom. The summed E-state index contributed by atoms with van der Waals surface area (Å²) in [7, 11) is 1.48. The quantitative estimate of drug-likeness (QED) is 0.180. The number of benzene rings is 3. The van der Waals surface area contributed by atoms with Gasteiger partial charge >= 0.3 is 5.97 Å². The van der Waals surface area contributed by atoms with Crippen molar-refractivity contribution in [3.8, 4) is 5.75 Å². The molecular weight excluding hydrogens is 583 g/mol. The molecule has 7 rings (SSSR count). The average molecular weight is 607 g/mol. The number of Topliss-reactive ketones (excluding diaryl/α,β-unsaturated/α-hetero) is 1. The molecule has 3 atom stereocenters. The van der Waals surface area contributed by atoms with Gasteiger partial charge in [0, 0.05) is 5.56 Å². The number of imide groups is 1. The molecule has 2 N–H and O–H groups in total. The van der Waals surface area contributed by atoms with E-state index in [4.69, 9.17) is 38.4 Å². The molecule has 0 radical (unpaired) electrons. The van der Waals surface area contributed by atoms with Gasteiger partial charge in [0.05, 0.1) is 25.4 Å². The maximum Gasteiger partial charge on any atom is 0.330 e. The number of likely N-dealkylation sites (tertiary alicyclic amines) is 1. The molecule has 1 aliphatic heterocycles. The normalized spacial score (nSPS) is 25.7. The summed E-state index contributed by atoms with van der Waals surface area (Å²) in [6, 6.07) is 18.6. The van der Waals surface area contributed by atoms with Crippen molar-refractivity contribution in [1.82, 2.24) is 4.90 Å². The fraction of sp³-hybridized carbons (Fsp3) is 0.258. The fourth-order valence-corrected chi connectivity index (χ4v) is 7.66. The number of hydrogen-bond acceptors (Lipinski definition) is 7. The molecule has 0 unspecified atom stereocenters. The van der Waals surface area contributed by atoms with Crippen molar-refractivity contribution >= 4 is 52.7 Å². The van der Waals surface area contributed by atoms with Crippen molar-refractivity contribution in [2.24, 2.45) is 17.6 Å². The summed E-state index contributed by atoms with van der Waals surface area (Å²) in [5.41, 5.74) is 8.03. The van der Waals surface area contributed by atoms with Gasteiger partial charge in [0.25, 0.3) is 0 Å². The van der Waals surface area contributed by atoms with Gasteiger partial charge in [-0.25, -0.2) is 4.79 Å². The molecule has 42 heavy (non-hydrogen) atoms. The second kappa shape index (κ2) is 9.96. The maximum absolute atomic E-state index is 14.2. The van der Waals surface area contributed by atoms with E-state index in [-0.39, 0.29) is 5.56 Å². The predicted molar refractivity (Wildman–Crippen MR) is 151 cm³/mol. The number of amides is 3. The summed E-state index contributed by atoms with van der Waals surface area (Å²) in [6.45, 7) is -0.695. The molecule has 4 aliphatic rings. The van der Waals surface area contributed by atoms with E-state index in [1.54, 1.807) is 60.7 Å². The van der Waals surface area contributed by atoms with Crippen LogP contribution >= 0.6 is 23.2 Å². The fourth-order valence-electron chi connectivity index (χ4n) is 6.56. The van der Waals surface area contributed by atoms with E-state index in [0.717, 1.165) is 0 Å². The van der Waals surface area contributed by atoms with Crippen molar-refractivity contribution in [2.75, 3.05) is 13.7 Å². The van der Waals surface area contributed by atoms with Gasteiger partial charge in [-0.1, -0.05) is 48.5 Å². The van der Waals surface area contributed by atoms with E-state index >= 15 is 0 Å². The molecule has 1 heterocycles. The van der Waals surface area contributed by atoms with E-state index in [1.165, 1.54) is 19.2 Å². The van der Waals surface area contributed by atoms with Crippen molar-refractivity contribution in [3.63, 3.8) is 0 Å². The Labute approximate surface area is 250 Å². The second-order valence-electron chi connectivity index (χ2n) is 10.5. The lowest BCUT2D eigenvalue weighted by Gasteiger charge is -2.54. The molecule has 9 nitrogen and oxygen atoms in total. The molecule has 3 aliphatic carbocycles. The lowest BCUT2D eigenvalue weighted by Crippen LogP contribution is -2.57. The van der Waals surface area contributed by atoms with Crippen LogP contribution in [-0.4, -0.2) is 54.1 Å². The monoisotopic (exact) mass is 606 g/mol. The third-order valence-corrected chi connectivity index (χ3v) is 9.64. The van der Waals surface area contributed by atoms with Gasteiger partial charge in [0.15, 0.2) is 12.4 Å². The van der Waals surface area contributed by atoms with Gasteiger partial charge in [0.2, 0.25) is 17.7 Å². The van der Waals surface area contributed by atoms with E-state index in [2.05, 4.69) is 0 Å². The Kier molecular flexibility index (Phi) is 6.62. The van der Waals surface area contributed by atoms with Crippen LogP contribution in [0.15, 0.2) is 72.8 Å². The number of halogens is 2. The Hall–Kier alpha value is -4.21. The van der Waals surface area contributed by atoms with E-state index in [0.29, 0.717) is 32.9 Å². The Bertz CT molecular complexity index is 1550. The highest BCUT2D eigenvalue weighted by Gasteiger charge is 2.73. The number of alkyl halides is 2. The van der Waals surface area contributed by atoms with Crippen molar-refractivity contribution < 1.29 is 33.4 Å². The molecule has 3 aromatic rings. The number of ether oxygens (including phenoxy) is 2. The van der Waals surface area contributed by atoms with Gasteiger partial charge in [-0.3, -0.25) is 24.1 Å². The minimum Gasteiger partial charge on any atom is -0.497 e. The maximum atomic E-state index is 14.2.